The van der Waals surface area contributed by atoms with Crippen LogP contribution in [0.15, 0.2) is 12.1 Å². The van der Waals surface area contributed by atoms with Crippen molar-refractivity contribution in [2.45, 2.75) is 19.8 Å². The van der Waals surface area contributed by atoms with Crippen LogP contribution in [-0.4, -0.2) is 20.8 Å². The third-order valence-electron chi connectivity index (χ3n) is 2.68. The maximum Gasteiger partial charge on any atom is 0.179 e. The predicted octanol–water partition coefficient (Wildman–Crippen LogP) is 3.45. The molecule has 2 N–H and O–H groups in total. The van der Waals surface area contributed by atoms with Gasteiger partial charge in [0.15, 0.2) is 11.5 Å². The Morgan fingerprint density at radius 2 is 1.89 bits per heavy atom. The lowest BCUT2D eigenvalue weighted by Crippen LogP contribution is -2.02. The third kappa shape index (κ3) is 2.98. The van der Waals surface area contributed by atoms with Crippen LogP contribution in [-0.2, 0) is 0 Å². The molecule has 0 amide bonds. The summed E-state index contributed by atoms with van der Waals surface area (Å²) in [6.07, 6.45) is 3.85. The molecule has 0 spiro atoms. The molecular formula is C14H20ClNO2. The summed E-state index contributed by atoms with van der Waals surface area (Å²) in [7, 11) is 3.21. The van der Waals surface area contributed by atoms with Crippen molar-refractivity contribution in [1.29, 1.82) is 0 Å². The molecule has 0 aliphatic rings. The third-order valence-corrected chi connectivity index (χ3v) is 2.96. The fraction of sp³-hybridized carbons (Fsp3) is 0.429. The Bertz CT molecular complexity index is 442. The van der Waals surface area contributed by atoms with Crippen molar-refractivity contribution in [3.8, 4) is 11.5 Å². The molecule has 0 aromatic heterocycles. The second kappa shape index (κ2) is 6.66. The van der Waals surface area contributed by atoms with Crippen molar-refractivity contribution in [2.75, 3.05) is 20.8 Å². The number of nitrogens with two attached hydrogens (primary N) is 1. The van der Waals surface area contributed by atoms with Gasteiger partial charge in [0.25, 0.3) is 0 Å². The lowest BCUT2D eigenvalue weighted by Gasteiger charge is -2.19. The smallest absolute Gasteiger partial charge is 0.179 e. The van der Waals surface area contributed by atoms with Gasteiger partial charge in [-0.3, -0.25) is 0 Å². The van der Waals surface area contributed by atoms with Crippen molar-refractivity contribution in [1.82, 2.24) is 0 Å². The first-order valence-electron chi connectivity index (χ1n) is 5.87. The van der Waals surface area contributed by atoms with Gasteiger partial charge in [0.1, 0.15) is 0 Å². The van der Waals surface area contributed by atoms with Crippen molar-refractivity contribution >= 4 is 17.7 Å². The van der Waals surface area contributed by atoms with Gasteiger partial charge in [-0.25, -0.2) is 0 Å². The second-order valence-electron chi connectivity index (χ2n) is 4.22. The van der Waals surface area contributed by atoms with Crippen molar-refractivity contribution in [2.24, 2.45) is 5.73 Å². The molecule has 0 unspecified atom stereocenters. The maximum atomic E-state index is 6.20. The summed E-state index contributed by atoms with van der Waals surface area (Å²) in [6, 6.07) is 1.88. The minimum absolute atomic E-state index is 0.295. The number of benzene rings is 1. The molecule has 1 aromatic carbocycles. The molecule has 100 valence electrons. The van der Waals surface area contributed by atoms with E-state index in [1.807, 2.05) is 18.2 Å². The van der Waals surface area contributed by atoms with E-state index in [-0.39, 0.29) is 0 Å². The quantitative estimate of drug-likeness (QED) is 0.890. The summed E-state index contributed by atoms with van der Waals surface area (Å²) in [6.45, 7) is 4.69. The highest BCUT2D eigenvalue weighted by Crippen LogP contribution is 2.43. The highest BCUT2D eigenvalue weighted by atomic mass is 35.5. The minimum Gasteiger partial charge on any atom is -0.492 e. The first-order chi connectivity index (χ1) is 8.56. The molecule has 0 fully saturated rings. The Morgan fingerprint density at radius 3 is 2.33 bits per heavy atom. The van der Waals surface area contributed by atoms with Gasteiger partial charge in [-0.05, 0) is 17.5 Å². The zero-order chi connectivity index (χ0) is 13.7. The number of hydrogen-bond acceptors (Lipinski definition) is 3. The maximum absolute atomic E-state index is 6.20. The largest absolute Gasteiger partial charge is 0.492 e. The molecule has 0 heterocycles. The van der Waals surface area contributed by atoms with Crippen LogP contribution in [0.25, 0.3) is 6.08 Å². The molecule has 3 nitrogen and oxygen atoms in total. The Labute approximate surface area is 114 Å². The van der Waals surface area contributed by atoms with Crippen LogP contribution in [0.1, 0.15) is 30.9 Å². The highest BCUT2D eigenvalue weighted by Gasteiger charge is 2.19. The molecule has 4 heteroatoms. The van der Waals surface area contributed by atoms with E-state index >= 15 is 0 Å². The van der Waals surface area contributed by atoms with Gasteiger partial charge in [-0.2, -0.15) is 0 Å². The topological polar surface area (TPSA) is 44.5 Å². The molecule has 0 saturated heterocycles. The summed E-state index contributed by atoms with van der Waals surface area (Å²) in [4.78, 5) is 0. The number of ether oxygens (including phenoxy) is 2. The van der Waals surface area contributed by atoms with Crippen LogP contribution in [0.2, 0.25) is 5.02 Å². The monoisotopic (exact) mass is 269 g/mol. The first kappa shape index (κ1) is 14.9. The van der Waals surface area contributed by atoms with Crippen LogP contribution < -0.4 is 15.2 Å². The minimum atomic E-state index is 0.295. The van der Waals surface area contributed by atoms with E-state index in [2.05, 4.69) is 13.8 Å². The number of rotatable bonds is 5. The van der Waals surface area contributed by atoms with Gasteiger partial charge < -0.3 is 15.2 Å². The summed E-state index contributed by atoms with van der Waals surface area (Å²) in [5, 5.41) is 0.537. The molecule has 0 bridgehead atoms. The second-order valence-corrected chi connectivity index (χ2v) is 4.63. The molecular weight excluding hydrogens is 250 g/mol. The molecule has 18 heavy (non-hydrogen) atoms. The summed E-state index contributed by atoms with van der Waals surface area (Å²) in [5.74, 6) is 1.56. The zero-order valence-electron chi connectivity index (χ0n) is 11.3. The zero-order valence-corrected chi connectivity index (χ0v) is 12.0. The van der Waals surface area contributed by atoms with E-state index in [0.717, 1.165) is 11.1 Å². The lowest BCUT2D eigenvalue weighted by molar-refractivity contribution is 0.350. The molecule has 1 rings (SSSR count). The number of halogens is 1. The Kier molecular flexibility index (Phi) is 5.51. The first-order valence-corrected chi connectivity index (χ1v) is 6.25. The van der Waals surface area contributed by atoms with Gasteiger partial charge in [0, 0.05) is 12.1 Å². The van der Waals surface area contributed by atoms with E-state index < -0.39 is 0 Å². The normalized spacial score (nSPS) is 11.3. The molecule has 0 radical (unpaired) electrons. The van der Waals surface area contributed by atoms with Crippen LogP contribution >= 0.6 is 11.6 Å². The fourth-order valence-corrected chi connectivity index (χ4v) is 2.24. The van der Waals surface area contributed by atoms with Gasteiger partial charge in [0.2, 0.25) is 0 Å². The molecule has 0 atom stereocenters. The van der Waals surface area contributed by atoms with Crippen LogP contribution in [0, 0.1) is 0 Å². The molecule has 0 aliphatic heterocycles. The summed E-state index contributed by atoms with van der Waals surface area (Å²) in [5.41, 5.74) is 7.58. The van der Waals surface area contributed by atoms with E-state index in [1.54, 1.807) is 14.2 Å². The van der Waals surface area contributed by atoms with Crippen LogP contribution in [0.4, 0.5) is 0 Å². The van der Waals surface area contributed by atoms with Gasteiger partial charge >= 0.3 is 0 Å². The Balaban J connectivity index is 3.52. The van der Waals surface area contributed by atoms with E-state index in [4.69, 9.17) is 26.8 Å². The average molecular weight is 270 g/mol. The van der Waals surface area contributed by atoms with Crippen molar-refractivity contribution in [3.63, 3.8) is 0 Å². The van der Waals surface area contributed by atoms with E-state index in [0.29, 0.717) is 29.0 Å². The Morgan fingerprint density at radius 1 is 1.28 bits per heavy atom. The highest BCUT2D eigenvalue weighted by molar-refractivity contribution is 6.32. The van der Waals surface area contributed by atoms with Crippen molar-refractivity contribution < 1.29 is 9.47 Å². The molecule has 0 saturated carbocycles. The van der Waals surface area contributed by atoms with Crippen LogP contribution in [0.5, 0.6) is 11.5 Å². The van der Waals surface area contributed by atoms with Gasteiger partial charge in [-0.15, -0.1) is 0 Å². The predicted molar refractivity (Wildman–Crippen MR) is 76.7 cm³/mol. The number of methoxy groups -OCH3 is 2. The van der Waals surface area contributed by atoms with E-state index in [1.165, 1.54) is 0 Å². The van der Waals surface area contributed by atoms with Gasteiger partial charge in [-0.1, -0.05) is 37.6 Å². The fourth-order valence-electron chi connectivity index (χ4n) is 1.96. The molecule has 0 aliphatic carbocycles. The lowest BCUT2D eigenvalue weighted by atomic mass is 9.95. The summed E-state index contributed by atoms with van der Waals surface area (Å²) >= 11 is 6.20. The van der Waals surface area contributed by atoms with Crippen molar-refractivity contribution in [3.05, 3.63) is 28.3 Å². The molecule has 1 aromatic rings. The average Bonchev–Trinajstić information content (AvgIpc) is 2.34. The summed E-state index contributed by atoms with van der Waals surface area (Å²) < 4.78 is 10.8. The standard InChI is InChI=1S/C14H20ClNO2/c1-9(2)12-10(6-5-7-16)8-11(15)13(17-3)14(12)18-4/h5-6,8-9H,7,16H2,1-4H3/b6-5+. The van der Waals surface area contributed by atoms with Crippen LogP contribution in [0.3, 0.4) is 0 Å². The number of hydrogen-bond donors (Lipinski definition) is 1. The van der Waals surface area contributed by atoms with E-state index in [9.17, 15) is 0 Å². The SMILES string of the molecule is COc1c(Cl)cc(/C=C/CN)c(C(C)C)c1OC. The van der Waals surface area contributed by atoms with Gasteiger partial charge in [0.05, 0.1) is 19.2 Å². The Hall–Kier alpha value is -1.19.